The van der Waals surface area contributed by atoms with Gasteiger partial charge in [-0.2, -0.15) is 0 Å². The third kappa shape index (κ3) is 2.00. The Balaban J connectivity index is 1.91. The molecule has 1 radical (unpaired) electrons. The lowest BCUT2D eigenvalue weighted by Crippen LogP contribution is -1.91. The minimum absolute atomic E-state index is 0.263. The van der Waals surface area contributed by atoms with Crippen LogP contribution in [0.2, 0.25) is 0 Å². The molecular formula is C18H15FNO. The van der Waals surface area contributed by atoms with Crippen LogP contribution in [0.25, 0.3) is 22.3 Å². The Bertz CT molecular complexity index is 829. The monoisotopic (exact) mass is 280 g/mol. The van der Waals surface area contributed by atoms with E-state index in [4.69, 9.17) is 10.2 Å². The van der Waals surface area contributed by atoms with E-state index in [0.717, 1.165) is 27.8 Å². The van der Waals surface area contributed by atoms with Crippen LogP contribution in [0, 0.1) is 12.7 Å². The Kier molecular flexibility index (Phi) is 2.58. The van der Waals surface area contributed by atoms with Crippen LogP contribution in [-0.2, 0) is 0 Å². The molecule has 0 atom stereocenters. The van der Waals surface area contributed by atoms with Gasteiger partial charge in [0.25, 0.3) is 0 Å². The average molecular weight is 280 g/mol. The SMILES string of the molecule is [CH2]c1c(-c2ccc(F)cc2)oc2cc(N)c(C3CC3)cc12. The van der Waals surface area contributed by atoms with Crippen molar-refractivity contribution in [3.05, 3.63) is 60.3 Å². The van der Waals surface area contributed by atoms with Crippen LogP contribution in [0.15, 0.2) is 40.8 Å². The first-order chi connectivity index (χ1) is 10.1. The summed E-state index contributed by atoms with van der Waals surface area (Å²) in [5.41, 5.74) is 10.5. The molecule has 1 aliphatic carbocycles. The van der Waals surface area contributed by atoms with E-state index in [0.29, 0.717) is 11.7 Å². The van der Waals surface area contributed by atoms with Gasteiger partial charge in [-0.05, 0) is 61.6 Å². The molecule has 0 aliphatic heterocycles. The van der Waals surface area contributed by atoms with Crippen LogP contribution in [0.5, 0.6) is 0 Å². The molecule has 0 saturated heterocycles. The summed E-state index contributed by atoms with van der Waals surface area (Å²) in [6.45, 7) is 4.13. The molecule has 2 N–H and O–H groups in total. The zero-order valence-corrected chi connectivity index (χ0v) is 11.5. The highest BCUT2D eigenvalue weighted by Crippen LogP contribution is 2.45. The molecule has 1 aromatic heterocycles. The number of nitrogen functional groups attached to an aromatic ring is 1. The number of furan rings is 1. The topological polar surface area (TPSA) is 39.2 Å². The summed E-state index contributed by atoms with van der Waals surface area (Å²) in [5.74, 6) is 0.996. The number of halogens is 1. The predicted octanol–water partition coefficient (Wildman–Crippen LogP) is 4.88. The maximum Gasteiger partial charge on any atom is 0.138 e. The summed E-state index contributed by atoms with van der Waals surface area (Å²) in [6.07, 6.45) is 2.40. The van der Waals surface area contributed by atoms with Crippen molar-refractivity contribution in [3.8, 4) is 11.3 Å². The van der Waals surface area contributed by atoms with Crippen LogP contribution in [0.1, 0.15) is 29.9 Å². The van der Waals surface area contributed by atoms with Gasteiger partial charge in [0.2, 0.25) is 0 Å². The number of hydrogen-bond donors (Lipinski definition) is 1. The molecule has 3 heteroatoms. The molecule has 21 heavy (non-hydrogen) atoms. The molecule has 0 amide bonds. The Hall–Kier alpha value is -2.29. The summed E-state index contributed by atoms with van der Waals surface area (Å²) in [6, 6.07) is 10.2. The molecule has 2 nitrogen and oxygen atoms in total. The molecule has 0 spiro atoms. The van der Waals surface area contributed by atoms with E-state index < -0.39 is 0 Å². The highest BCUT2D eigenvalue weighted by atomic mass is 19.1. The van der Waals surface area contributed by atoms with Gasteiger partial charge >= 0.3 is 0 Å². The highest BCUT2D eigenvalue weighted by molar-refractivity contribution is 5.91. The second-order valence-corrected chi connectivity index (χ2v) is 5.67. The van der Waals surface area contributed by atoms with Gasteiger partial charge in [0.1, 0.15) is 17.2 Å². The van der Waals surface area contributed by atoms with Gasteiger partial charge < -0.3 is 10.2 Å². The van der Waals surface area contributed by atoms with E-state index >= 15 is 0 Å². The Labute approximate surface area is 122 Å². The van der Waals surface area contributed by atoms with Gasteiger partial charge in [0, 0.05) is 28.3 Å². The van der Waals surface area contributed by atoms with E-state index in [1.165, 1.54) is 30.5 Å². The quantitative estimate of drug-likeness (QED) is 0.679. The van der Waals surface area contributed by atoms with Crippen LogP contribution in [0.4, 0.5) is 10.1 Å². The molecule has 0 unspecified atom stereocenters. The first kappa shape index (κ1) is 12.5. The van der Waals surface area contributed by atoms with Crippen molar-refractivity contribution >= 4 is 16.7 Å². The third-order valence-corrected chi connectivity index (χ3v) is 4.12. The summed E-state index contributed by atoms with van der Waals surface area (Å²) < 4.78 is 18.9. The second-order valence-electron chi connectivity index (χ2n) is 5.67. The van der Waals surface area contributed by atoms with Crippen molar-refractivity contribution in [1.29, 1.82) is 0 Å². The lowest BCUT2D eigenvalue weighted by Gasteiger charge is -2.03. The smallest absolute Gasteiger partial charge is 0.138 e. The zero-order chi connectivity index (χ0) is 14.6. The van der Waals surface area contributed by atoms with Gasteiger partial charge in [0.15, 0.2) is 0 Å². The lowest BCUT2D eigenvalue weighted by molar-refractivity contribution is 0.622. The van der Waals surface area contributed by atoms with Crippen molar-refractivity contribution < 1.29 is 8.81 Å². The number of benzene rings is 2. The van der Waals surface area contributed by atoms with Gasteiger partial charge in [-0.25, -0.2) is 4.39 Å². The molecule has 3 aromatic rings. The van der Waals surface area contributed by atoms with E-state index in [-0.39, 0.29) is 5.82 Å². The maximum atomic E-state index is 13.0. The molecule has 1 saturated carbocycles. The molecule has 1 heterocycles. The van der Waals surface area contributed by atoms with Gasteiger partial charge in [-0.15, -0.1) is 0 Å². The van der Waals surface area contributed by atoms with Crippen LogP contribution in [0.3, 0.4) is 0 Å². The van der Waals surface area contributed by atoms with Crippen LogP contribution < -0.4 is 5.73 Å². The molecular weight excluding hydrogens is 265 g/mol. The largest absolute Gasteiger partial charge is 0.456 e. The Morgan fingerprint density at radius 1 is 1.14 bits per heavy atom. The van der Waals surface area contributed by atoms with Crippen molar-refractivity contribution in [2.24, 2.45) is 0 Å². The summed E-state index contributed by atoms with van der Waals surface area (Å²) in [4.78, 5) is 0. The van der Waals surface area contributed by atoms with Gasteiger partial charge in [-0.1, -0.05) is 0 Å². The average Bonchev–Trinajstić information content (AvgIpc) is 3.25. The summed E-state index contributed by atoms with van der Waals surface area (Å²) in [7, 11) is 0. The Morgan fingerprint density at radius 3 is 2.52 bits per heavy atom. The molecule has 105 valence electrons. The summed E-state index contributed by atoms with van der Waals surface area (Å²) >= 11 is 0. The minimum atomic E-state index is -0.263. The van der Waals surface area contributed by atoms with Crippen LogP contribution in [-0.4, -0.2) is 0 Å². The molecule has 4 rings (SSSR count). The number of hydrogen-bond acceptors (Lipinski definition) is 2. The van der Waals surface area contributed by atoms with Crippen molar-refractivity contribution in [2.75, 3.05) is 5.73 Å². The molecule has 2 aromatic carbocycles. The standard InChI is InChI=1S/C18H15FNO/c1-10-14-8-15(11-2-3-11)16(20)9-17(14)21-18(10)12-4-6-13(19)7-5-12/h4-9,11H,1-3,20H2. The normalized spacial score (nSPS) is 14.8. The number of nitrogens with two attached hydrogens (primary N) is 1. The number of fused-ring (bicyclic) bond motifs is 1. The Morgan fingerprint density at radius 2 is 1.86 bits per heavy atom. The fourth-order valence-corrected chi connectivity index (χ4v) is 2.81. The van der Waals surface area contributed by atoms with E-state index in [2.05, 4.69) is 13.0 Å². The lowest BCUT2D eigenvalue weighted by atomic mass is 10.0. The molecule has 0 bridgehead atoms. The maximum absolute atomic E-state index is 13.0. The van der Waals surface area contributed by atoms with E-state index in [9.17, 15) is 4.39 Å². The van der Waals surface area contributed by atoms with Crippen molar-refractivity contribution in [1.82, 2.24) is 0 Å². The van der Waals surface area contributed by atoms with Crippen LogP contribution >= 0.6 is 0 Å². The highest BCUT2D eigenvalue weighted by Gasteiger charge is 2.27. The predicted molar refractivity (Wildman–Crippen MR) is 82.5 cm³/mol. The molecule has 1 fully saturated rings. The molecule has 1 aliphatic rings. The van der Waals surface area contributed by atoms with E-state index in [1.54, 1.807) is 12.1 Å². The fraction of sp³-hybridized carbons (Fsp3) is 0.167. The third-order valence-electron chi connectivity index (χ3n) is 4.12. The number of anilines is 1. The van der Waals surface area contributed by atoms with Crippen molar-refractivity contribution in [2.45, 2.75) is 18.8 Å². The second kappa shape index (κ2) is 4.35. The first-order valence-electron chi connectivity index (χ1n) is 7.07. The first-order valence-corrected chi connectivity index (χ1v) is 7.07. The number of rotatable bonds is 2. The minimum Gasteiger partial charge on any atom is -0.456 e. The van der Waals surface area contributed by atoms with Crippen molar-refractivity contribution in [3.63, 3.8) is 0 Å². The van der Waals surface area contributed by atoms with Gasteiger partial charge in [-0.3, -0.25) is 0 Å². The fourth-order valence-electron chi connectivity index (χ4n) is 2.81. The van der Waals surface area contributed by atoms with E-state index in [1.807, 2.05) is 6.07 Å². The summed E-state index contributed by atoms with van der Waals surface area (Å²) in [5, 5.41) is 0.991. The van der Waals surface area contributed by atoms with Gasteiger partial charge in [0.05, 0.1) is 0 Å². The zero-order valence-electron chi connectivity index (χ0n) is 11.5.